The molecule has 0 amide bonds. The lowest BCUT2D eigenvalue weighted by atomic mass is 9.87. The Kier molecular flexibility index (Phi) is 6.60. The summed E-state index contributed by atoms with van der Waals surface area (Å²) in [5.74, 6) is 2.77. The van der Waals surface area contributed by atoms with Gasteiger partial charge in [-0.05, 0) is 66.8 Å². The highest BCUT2D eigenvalue weighted by Gasteiger charge is 2.21. The van der Waals surface area contributed by atoms with Gasteiger partial charge in [0, 0.05) is 17.2 Å². The number of ketones is 1. The van der Waals surface area contributed by atoms with Gasteiger partial charge in [0.2, 0.25) is 0 Å². The molecule has 0 saturated heterocycles. The minimum absolute atomic E-state index is 0.0767. The number of hydrogen-bond acceptors (Lipinski definition) is 5. The number of hydrogen-bond donors (Lipinski definition) is 0. The van der Waals surface area contributed by atoms with E-state index in [4.69, 9.17) is 18.9 Å². The van der Waals surface area contributed by atoms with Gasteiger partial charge in [0.25, 0.3) is 0 Å². The Hall–Kier alpha value is -3.21. The molecule has 5 nitrogen and oxygen atoms in total. The van der Waals surface area contributed by atoms with Gasteiger partial charge in [0.15, 0.2) is 17.3 Å². The number of ether oxygens (including phenoxy) is 4. The second-order valence-corrected chi connectivity index (χ2v) is 6.78. The van der Waals surface area contributed by atoms with Crippen LogP contribution in [0.15, 0.2) is 47.5 Å². The number of rotatable bonds is 6. The molecule has 0 spiro atoms. The summed E-state index contributed by atoms with van der Waals surface area (Å²) >= 11 is 0. The Morgan fingerprint density at radius 1 is 0.690 bits per heavy atom. The number of Topliss-reactive ketones (excluding diaryl/α,β-unsaturated/α-hetero) is 1. The summed E-state index contributed by atoms with van der Waals surface area (Å²) in [6.07, 6.45) is 6.30. The molecule has 0 bridgehead atoms. The molecule has 3 rings (SSSR count). The van der Waals surface area contributed by atoms with E-state index in [9.17, 15) is 4.79 Å². The first-order chi connectivity index (χ1) is 14.1. The Balaban J connectivity index is 1.91. The molecular weight excluding hydrogens is 368 g/mol. The van der Waals surface area contributed by atoms with E-state index in [1.54, 1.807) is 28.4 Å². The molecule has 152 valence electrons. The van der Waals surface area contributed by atoms with Crippen LogP contribution in [0.25, 0.3) is 12.2 Å². The second kappa shape index (κ2) is 9.32. The van der Waals surface area contributed by atoms with Gasteiger partial charge in [0.05, 0.1) is 28.4 Å². The molecule has 0 aromatic heterocycles. The maximum absolute atomic E-state index is 13.1. The molecule has 1 aliphatic rings. The maximum atomic E-state index is 13.1. The summed E-state index contributed by atoms with van der Waals surface area (Å²) in [5, 5.41) is 0. The van der Waals surface area contributed by atoms with Crippen molar-refractivity contribution in [2.45, 2.75) is 19.3 Å². The van der Waals surface area contributed by atoms with Gasteiger partial charge in [-0.2, -0.15) is 0 Å². The van der Waals surface area contributed by atoms with E-state index < -0.39 is 0 Å². The molecule has 0 heterocycles. The van der Waals surface area contributed by atoms with E-state index in [0.29, 0.717) is 23.0 Å². The second-order valence-electron chi connectivity index (χ2n) is 6.78. The van der Waals surface area contributed by atoms with E-state index in [1.165, 1.54) is 0 Å². The van der Waals surface area contributed by atoms with Crippen molar-refractivity contribution in [1.29, 1.82) is 0 Å². The number of methoxy groups -OCH3 is 4. The van der Waals surface area contributed by atoms with Crippen LogP contribution in [0.1, 0.15) is 30.4 Å². The normalized spacial score (nSPS) is 16.8. The van der Waals surface area contributed by atoms with Crippen LogP contribution >= 0.6 is 0 Å². The fourth-order valence-electron chi connectivity index (χ4n) is 3.44. The van der Waals surface area contributed by atoms with E-state index in [-0.39, 0.29) is 5.78 Å². The minimum atomic E-state index is 0.0767. The zero-order valence-electron chi connectivity index (χ0n) is 17.3. The van der Waals surface area contributed by atoms with Crippen LogP contribution in [0.2, 0.25) is 0 Å². The number of carbonyl (C=O) groups is 1. The third kappa shape index (κ3) is 4.80. The van der Waals surface area contributed by atoms with Gasteiger partial charge in [-0.3, -0.25) is 4.79 Å². The average molecular weight is 394 g/mol. The fraction of sp³-hybridized carbons (Fsp3) is 0.292. The summed E-state index contributed by atoms with van der Waals surface area (Å²) in [5.41, 5.74) is 3.38. The molecule has 0 N–H and O–H groups in total. The van der Waals surface area contributed by atoms with Crippen LogP contribution in [-0.4, -0.2) is 34.2 Å². The van der Waals surface area contributed by atoms with Crippen LogP contribution in [0.4, 0.5) is 0 Å². The van der Waals surface area contributed by atoms with Crippen LogP contribution in [-0.2, 0) is 4.79 Å². The smallest absolute Gasteiger partial charge is 0.185 e. The first-order valence-corrected chi connectivity index (χ1v) is 9.49. The summed E-state index contributed by atoms with van der Waals surface area (Å²) in [6, 6.07) is 11.3. The molecule has 1 saturated carbocycles. The van der Waals surface area contributed by atoms with Gasteiger partial charge in [-0.25, -0.2) is 0 Å². The third-order valence-electron chi connectivity index (χ3n) is 4.94. The quantitative estimate of drug-likeness (QED) is 0.650. The summed E-state index contributed by atoms with van der Waals surface area (Å²) in [7, 11) is 6.43. The zero-order chi connectivity index (χ0) is 20.8. The highest BCUT2D eigenvalue weighted by molar-refractivity contribution is 6.14. The van der Waals surface area contributed by atoms with Crippen LogP contribution in [0.5, 0.6) is 23.0 Å². The molecule has 2 aromatic carbocycles. The first-order valence-electron chi connectivity index (χ1n) is 9.49. The molecule has 0 aliphatic heterocycles. The van der Waals surface area contributed by atoms with Crippen molar-refractivity contribution in [2.24, 2.45) is 0 Å². The van der Waals surface area contributed by atoms with Gasteiger partial charge < -0.3 is 18.9 Å². The summed E-state index contributed by atoms with van der Waals surface area (Å²) < 4.78 is 21.3. The van der Waals surface area contributed by atoms with Crippen molar-refractivity contribution in [3.63, 3.8) is 0 Å². The lowest BCUT2D eigenvalue weighted by Crippen LogP contribution is -2.12. The Labute approximate surface area is 171 Å². The van der Waals surface area contributed by atoms with Crippen molar-refractivity contribution >= 4 is 17.9 Å². The number of carbonyl (C=O) groups excluding carboxylic acids is 1. The third-order valence-corrected chi connectivity index (χ3v) is 4.94. The van der Waals surface area contributed by atoms with Crippen LogP contribution < -0.4 is 18.9 Å². The predicted octanol–water partition coefficient (Wildman–Crippen LogP) is 4.94. The van der Waals surface area contributed by atoms with Crippen LogP contribution in [0, 0.1) is 0 Å². The molecule has 29 heavy (non-hydrogen) atoms. The van der Waals surface area contributed by atoms with Gasteiger partial charge in [-0.1, -0.05) is 6.07 Å². The molecule has 5 heteroatoms. The van der Waals surface area contributed by atoms with E-state index in [1.807, 2.05) is 48.6 Å². The molecule has 2 aromatic rings. The number of benzene rings is 2. The highest BCUT2D eigenvalue weighted by Crippen LogP contribution is 2.32. The van der Waals surface area contributed by atoms with Crippen molar-refractivity contribution in [3.05, 3.63) is 58.7 Å². The Morgan fingerprint density at radius 2 is 1.28 bits per heavy atom. The highest BCUT2D eigenvalue weighted by atomic mass is 16.5. The van der Waals surface area contributed by atoms with Gasteiger partial charge >= 0.3 is 0 Å². The summed E-state index contributed by atoms with van der Waals surface area (Å²) in [6.45, 7) is 0. The molecule has 0 unspecified atom stereocenters. The van der Waals surface area contributed by atoms with E-state index >= 15 is 0 Å². The molecule has 1 fully saturated rings. The topological polar surface area (TPSA) is 54.0 Å². The predicted molar refractivity (Wildman–Crippen MR) is 114 cm³/mol. The fourth-order valence-corrected chi connectivity index (χ4v) is 3.44. The molecule has 0 atom stereocenters. The van der Waals surface area contributed by atoms with Gasteiger partial charge in [0.1, 0.15) is 11.5 Å². The maximum Gasteiger partial charge on any atom is 0.185 e. The van der Waals surface area contributed by atoms with E-state index in [0.717, 1.165) is 41.5 Å². The largest absolute Gasteiger partial charge is 0.497 e. The van der Waals surface area contributed by atoms with Crippen molar-refractivity contribution in [2.75, 3.05) is 28.4 Å². The average Bonchev–Trinajstić information content (AvgIpc) is 2.76. The molecule has 0 radical (unpaired) electrons. The summed E-state index contributed by atoms with van der Waals surface area (Å²) in [4.78, 5) is 13.1. The monoisotopic (exact) mass is 394 g/mol. The zero-order valence-corrected chi connectivity index (χ0v) is 17.3. The van der Waals surface area contributed by atoms with Crippen molar-refractivity contribution < 1.29 is 23.7 Å². The molecular formula is C24H26O5. The molecule has 1 aliphatic carbocycles. The van der Waals surface area contributed by atoms with Crippen LogP contribution in [0.3, 0.4) is 0 Å². The lowest BCUT2D eigenvalue weighted by Gasteiger charge is -2.17. The SMILES string of the molecule is COc1cc(/C=C2\CCC/C(=C\c3ccc(OC)c(OC)c3)C2=O)cc(OC)c1. The van der Waals surface area contributed by atoms with E-state index in [2.05, 4.69) is 0 Å². The Bertz CT molecular complexity index is 933. The minimum Gasteiger partial charge on any atom is -0.497 e. The number of allylic oxidation sites excluding steroid dienone is 2. The van der Waals surface area contributed by atoms with Crippen molar-refractivity contribution in [1.82, 2.24) is 0 Å². The Morgan fingerprint density at radius 3 is 1.83 bits per heavy atom. The lowest BCUT2D eigenvalue weighted by molar-refractivity contribution is -0.112. The standard InChI is InChI=1S/C24H26O5/c1-26-20-12-17(13-21(15-20)27-2)11-19-7-5-6-18(24(19)25)10-16-8-9-22(28-3)23(14-16)29-4/h8-15H,5-7H2,1-4H3/b18-10+,19-11+. The van der Waals surface area contributed by atoms with Crippen molar-refractivity contribution in [3.8, 4) is 23.0 Å². The van der Waals surface area contributed by atoms with Gasteiger partial charge in [-0.15, -0.1) is 0 Å². The first kappa shape index (κ1) is 20.5.